The lowest BCUT2D eigenvalue weighted by Crippen LogP contribution is -2.38. The molecule has 3 rings (SSSR count). The quantitative estimate of drug-likeness (QED) is 0.719. The second kappa shape index (κ2) is 5.84. The highest BCUT2D eigenvalue weighted by molar-refractivity contribution is 5.79. The number of nitrogens with one attached hydrogen (secondary N) is 1. The number of rotatable bonds is 4. The summed E-state index contributed by atoms with van der Waals surface area (Å²) in [5.74, 6) is 0.339. The van der Waals surface area contributed by atoms with Crippen molar-refractivity contribution in [3.05, 3.63) is 51.3 Å². The van der Waals surface area contributed by atoms with Gasteiger partial charge in [-0.1, -0.05) is 0 Å². The molecule has 0 radical (unpaired) electrons. The number of furan rings is 1. The zero-order chi connectivity index (χ0) is 17.4. The smallest absolute Gasteiger partial charge is 0.332 e. The lowest BCUT2D eigenvalue weighted by Gasteiger charge is -2.12. The second-order valence-corrected chi connectivity index (χ2v) is 5.56. The molecule has 0 aliphatic heterocycles. The predicted octanol–water partition coefficient (Wildman–Crippen LogP) is -0.0959. The molecule has 0 unspecified atom stereocenters. The molecule has 0 bridgehead atoms. The van der Waals surface area contributed by atoms with Crippen molar-refractivity contribution in [1.29, 1.82) is 0 Å². The molecule has 3 heterocycles. The first-order chi connectivity index (χ1) is 11.4. The monoisotopic (exact) mass is 331 g/mol. The summed E-state index contributed by atoms with van der Waals surface area (Å²) >= 11 is 0. The topological polar surface area (TPSA) is 104 Å². The van der Waals surface area contributed by atoms with Gasteiger partial charge in [-0.15, -0.1) is 0 Å². The van der Waals surface area contributed by atoms with Crippen molar-refractivity contribution < 1.29 is 9.21 Å². The van der Waals surface area contributed by atoms with Gasteiger partial charge >= 0.3 is 5.69 Å². The molecule has 9 heteroatoms. The van der Waals surface area contributed by atoms with Crippen LogP contribution in [0.5, 0.6) is 0 Å². The average molecular weight is 331 g/mol. The summed E-state index contributed by atoms with van der Waals surface area (Å²) in [6.45, 7) is 1.71. The number of aryl methyl sites for hydroxylation is 1. The number of aromatic nitrogens is 4. The number of carbonyl (C=O) groups is 1. The highest BCUT2D eigenvalue weighted by atomic mass is 16.3. The van der Waals surface area contributed by atoms with E-state index in [1.165, 1.54) is 35.8 Å². The van der Waals surface area contributed by atoms with Crippen LogP contribution in [0.3, 0.4) is 0 Å². The summed E-state index contributed by atoms with van der Waals surface area (Å²) in [6.07, 6.45) is 2.91. The van der Waals surface area contributed by atoms with Gasteiger partial charge in [0, 0.05) is 14.1 Å². The van der Waals surface area contributed by atoms with Crippen LogP contribution in [0, 0.1) is 0 Å². The van der Waals surface area contributed by atoms with Crippen LogP contribution in [-0.4, -0.2) is 24.6 Å². The molecule has 3 aromatic rings. The third-order valence-corrected chi connectivity index (χ3v) is 3.88. The molecule has 0 saturated carbocycles. The Bertz CT molecular complexity index is 1010. The molecule has 1 N–H and O–H groups in total. The van der Waals surface area contributed by atoms with Crippen molar-refractivity contribution in [3.63, 3.8) is 0 Å². The first-order valence-electron chi connectivity index (χ1n) is 7.33. The largest absolute Gasteiger partial charge is 0.467 e. The van der Waals surface area contributed by atoms with Gasteiger partial charge in [-0.3, -0.25) is 18.7 Å². The molecule has 3 aromatic heterocycles. The van der Waals surface area contributed by atoms with Crippen molar-refractivity contribution in [2.75, 3.05) is 0 Å². The zero-order valence-corrected chi connectivity index (χ0v) is 13.5. The second-order valence-electron chi connectivity index (χ2n) is 5.56. The van der Waals surface area contributed by atoms with Crippen LogP contribution in [0.25, 0.3) is 11.2 Å². The molecule has 0 saturated heterocycles. The van der Waals surface area contributed by atoms with E-state index in [-0.39, 0.29) is 29.7 Å². The van der Waals surface area contributed by atoms with E-state index in [9.17, 15) is 14.4 Å². The molecular formula is C15H17N5O4. The SMILES string of the molecule is C[C@H](NC(=O)Cn1cnc2c1c(=O)n(C)c(=O)n2C)c1ccco1. The first kappa shape index (κ1) is 15.8. The van der Waals surface area contributed by atoms with E-state index >= 15 is 0 Å². The van der Waals surface area contributed by atoms with Crippen molar-refractivity contribution in [3.8, 4) is 0 Å². The number of hydrogen-bond donors (Lipinski definition) is 1. The molecule has 0 aromatic carbocycles. The Labute approximate surface area is 136 Å². The van der Waals surface area contributed by atoms with Gasteiger partial charge in [0.1, 0.15) is 12.3 Å². The van der Waals surface area contributed by atoms with Crippen molar-refractivity contribution in [1.82, 2.24) is 24.0 Å². The van der Waals surface area contributed by atoms with Gasteiger partial charge < -0.3 is 14.3 Å². The Kier molecular flexibility index (Phi) is 3.84. The lowest BCUT2D eigenvalue weighted by molar-refractivity contribution is -0.122. The maximum atomic E-state index is 12.3. The van der Waals surface area contributed by atoms with Crippen LogP contribution in [0.4, 0.5) is 0 Å². The molecule has 24 heavy (non-hydrogen) atoms. The van der Waals surface area contributed by atoms with Gasteiger partial charge in [0.2, 0.25) is 5.91 Å². The maximum absolute atomic E-state index is 12.3. The summed E-state index contributed by atoms with van der Waals surface area (Å²) in [5, 5.41) is 2.79. The van der Waals surface area contributed by atoms with Crippen molar-refractivity contribution >= 4 is 17.1 Å². The van der Waals surface area contributed by atoms with E-state index in [0.29, 0.717) is 5.76 Å². The molecule has 0 fully saturated rings. The van der Waals surface area contributed by atoms with E-state index in [2.05, 4.69) is 10.3 Å². The van der Waals surface area contributed by atoms with Gasteiger partial charge in [-0.25, -0.2) is 9.78 Å². The van der Waals surface area contributed by atoms with Gasteiger partial charge in [0.15, 0.2) is 11.2 Å². The van der Waals surface area contributed by atoms with Crippen LogP contribution in [-0.2, 0) is 25.4 Å². The maximum Gasteiger partial charge on any atom is 0.332 e. The highest BCUT2D eigenvalue weighted by Crippen LogP contribution is 2.12. The number of nitrogens with zero attached hydrogens (tertiary/aromatic N) is 4. The molecule has 126 valence electrons. The van der Waals surface area contributed by atoms with E-state index in [1.54, 1.807) is 19.1 Å². The van der Waals surface area contributed by atoms with Crippen LogP contribution >= 0.6 is 0 Å². The minimum absolute atomic E-state index is 0.0883. The Balaban J connectivity index is 1.90. The summed E-state index contributed by atoms with van der Waals surface area (Å²) in [7, 11) is 2.92. The molecule has 1 atom stereocenters. The van der Waals surface area contributed by atoms with E-state index < -0.39 is 11.2 Å². The van der Waals surface area contributed by atoms with E-state index in [1.807, 2.05) is 0 Å². The van der Waals surface area contributed by atoms with E-state index in [0.717, 1.165) is 4.57 Å². The minimum Gasteiger partial charge on any atom is -0.467 e. The molecule has 0 aliphatic carbocycles. The molecule has 0 spiro atoms. The number of hydrogen-bond acceptors (Lipinski definition) is 5. The summed E-state index contributed by atoms with van der Waals surface area (Å²) < 4.78 is 8.94. The van der Waals surface area contributed by atoms with Crippen molar-refractivity contribution in [2.24, 2.45) is 14.1 Å². The summed E-state index contributed by atoms with van der Waals surface area (Å²) in [5.41, 5.74) is -0.499. The van der Waals surface area contributed by atoms with Crippen LogP contribution in [0.15, 0.2) is 38.7 Å². The average Bonchev–Trinajstić information content (AvgIpc) is 3.20. The third-order valence-electron chi connectivity index (χ3n) is 3.88. The van der Waals surface area contributed by atoms with Crippen LogP contribution in [0.1, 0.15) is 18.7 Å². The number of imidazole rings is 1. The third kappa shape index (κ3) is 2.53. The van der Waals surface area contributed by atoms with Gasteiger partial charge in [-0.2, -0.15) is 0 Å². The van der Waals surface area contributed by atoms with Crippen LogP contribution < -0.4 is 16.6 Å². The van der Waals surface area contributed by atoms with Gasteiger partial charge in [-0.05, 0) is 19.1 Å². The highest BCUT2D eigenvalue weighted by Gasteiger charge is 2.17. The molecule has 9 nitrogen and oxygen atoms in total. The Morgan fingerprint density at radius 1 is 1.33 bits per heavy atom. The Morgan fingerprint density at radius 3 is 2.75 bits per heavy atom. The minimum atomic E-state index is -0.488. The van der Waals surface area contributed by atoms with Crippen molar-refractivity contribution in [2.45, 2.75) is 19.5 Å². The normalized spacial score (nSPS) is 12.5. The molecule has 1 amide bonds. The number of carbonyl (C=O) groups excluding carboxylic acids is 1. The zero-order valence-electron chi connectivity index (χ0n) is 13.5. The molecule has 0 aliphatic rings. The van der Waals surface area contributed by atoms with E-state index in [4.69, 9.17) is 4.42 Å². The standard InChI is InChI=1S/C15H17N5O4/c1-9(10-5-4-6-24-10)17-11(21)7-20-8-16-13-12(20)14(22)19(3)15(23)18(13)2/h4-6,8-9H,7H2,1-3H3,(H,17,21)/t9-/m0/s1. The lowest BCUT2D eigenvalue weighted by atomic mass is 10.2. The number of amides is 1. The summed E-state index contributed by atoms with van der Waals surface area (Å²) in [6, 6.07) is 3.21. The Morgan fingerprint density at radius 2 is 2.08 bits per heavy atom. The fourth-order valence-electron chi connectivity index (χ4n) is 2.57. The fourth-order valence-corrected chi connectivity index (χ4v) is 2.57. The first-order valence-corrected chi connectivity index (χ1v) is 7.33. The number of fused-ring (bicyclic) bond motifs is 1. The predicted molar refractivity (Wildman–Crippen MR) is 85.5 cm³/mol. The van der Waals surface area contributed by atoms with Gasteiger partial charge in [0.05, 0.1) is 18.6 Å². The van der Waals surface area contributed by atoms with Gasteiger partial charge in [0.25, 0.3) is 5.56 Å². The van der Waals surface area contributed by atoms with Crippen LogP contribution in [0.2, 0.25) is 0 Å². The summed E-state index contributed by atoms with van der Waals surface area (Å²) in [4.78, 5) is 40.5. The fraction of sp³-hybridized carbons (Fsp3) is 0.333. The molecular weight excluding hydrogens is 314 g/mol. The Hall–Kier alpha value is -3.10.